The fourth-order valence-electron chi connectivity index (χ4n) is 3.20. The molecule has 4 rings (SSSR count). The number of amides is 2. The van der Waals surface area contributed by atoms with Crippen LogP contribution in [0.25, 0.3) is 11.1 Å². The van der Waals surface area contributed by atoms with Crippen LogP contribution in [-0.2, 0) is 4.79 Å². The van der Waals surface area contributed by atoms with Gasteiger partial charge in [-0.25, -0.2) is 4.98 Å². The van der Waals surface area contributed by atoms with E-state index < -0.39 is 0 Å². The van der Waals surface area contributed by atoms with E-state index in [0.717, 1.165) is 5.56 Å². The van der Waals surface area contributed by atoms with E-state index in [1.54, 1.807) is 28.0 Å². The zero-order valence-electron chi connectivity index (χ0n) is 15.6. The number of fused-ring (bicyclic) bond motifs is 1. The van der Waals surface area contributed by atoms with Gasteiger partial charge in [0, 0.05) is 31.7 Å². The molecule has 3 aromatic rings. The lowest BCUT2D eigenvalue weighted by Crippen LogP contribution is -2.51. The molecule has 0 radical (unpaired) electrons. The Morgan fingerprint density at radius 2 is 1.75 bits per heavy atom. The molecule has 0 unspecified atom stereocenters. The summed E-state index contributed by atoms with van der Waals surface area (Å²) in [6.45, 7) is 3.97. The van der Waals surface area contributed by atoms with Gasteiger partial charge in [0.15, 0.2) is 18.6 Å². The minimum atomic E-state index is -0.0725. The predicted octanol–water partition coefficient (Wildman–Crippen LogP) is 2.50. The first-order chi connectivity index (χ1) is 13.6. The second-order valence-electron chi connectivity index (χ2n) is 6.81. The van der Waals surface area contributed by atoms with Gasteiger partial charge in [-0.15, -0.1) is 0 Å². The lowest BCUT2D eigenvalue weighted by Gasteiger charge is -2.34. The molecule has 1 aliphatic rings. The first-order valence-corrected chi connectivity index (χ1v) is 9.20. The number of rotatable bonds is 4. The maximum atomic E-state index is 12.7. The van der Waals surface area contributed by atoms with Crippen LogP contribution in [0.1, 0.15) is 15.9 Å². The van der Waals surface area contributed by atoms with Crippen molar-refractivity contribution >= 4 is 22.9 Å². The maximum Gasteiger partial charge on any atom is 0.260 e. The maximum absolute atomic E-state index is 12.7. The van der Waals surface area contributed by atoms with Gasteiger partial charge in [0.25, 0.3) is 11.8 Å². The van der Waals surface area contributed by atoms with E-state index in [4.69, 9.17) is 9.15 Å². The summed E-state index contributed by atoms with van der Waals surface area (Å²) in [6, 6.07) is 12.8. The second kappa shape index (κ2) is 7.72. The van der Waals surface area contributed by atoms with Crippen LogP contribution in [0, 0.1) is 6.92 Å². The van der Waals surface area contributed by atoms with Gasteiger partial charge in [-0.3, -0.25) is 9.59 Å². The zero-order valence-corrected chi connectivity index (χ0v) is 15.6. The minimum absolute atomic E-state index is 0.000165. The van der Waals surface area contributed by atoms with E-state index in [-0.39, 0.29) is 18.4 Å². The number of piperazine rings is 1. The Morgan fingerprint density at radius 3 is 2.50 bits per heavy atom. The van der Waals surface area contributed by atoms with Gasteiger partial charge in [-0.2, -0.15) is 0 Å². The van der Waals surface area contributed by atoms with Crippen LogP contribution in [0.2, 0.25) is 0 Å². The lowest BCUT2D eigenvalue weighted by molar-refractivity contribution is -0.134. The fraction of sp³-hybridized carbons (Fsp3) is 0.286. The normalized spacial score (nSPS) is 14.3. The van der Waals surface area contributed by atoms with Gasteiger partial charge in [-0.1, -0.05) is 17.7 Å². The van der Waals surface area contributed by atoms with E-state index in [2.05, 4.69) is 4.98 Å². The predicted molar refractivity (Wildman–Crippen MR) is 103 cm³/mol. The Labute approximate surface area is 162 Å². The summed E-state index contributed by atoms with van der Waals surface area (Å²) in [4.78, 5) is 32.7. The van der Waals surface area contributed by atoms with E-state index in [9.17, 15) is 9.59 Å². The number of ether oxygens (including phenoxy) is 1. The summed E-state index contributed by atoms with van der Waals surface area (Å²) >= 11 is 0. The average molecular weight is 379 g/mol. The van der Waals surface area contributed by atoms with Gasteiger partial charge in [-0.05, 0) is 37.3 Å². The van der Waals surface area contributed by atoms with Crippen LogP contribution in [0.15, 0.2) is 53.3 Å². The van der Waals surface area contributed by atoms with Crippen molar-refractivity contribution in [2.45, 2.75) is 6.92 Å². The van der Waals surface area contributed by atoms with Crippen molar-refractivity contribution < 1.29 is 18.7 Å². The first-order valence-electron chi connectivity index (χ1n) is 9.20. The Morgan fingerprint density at radius 1 is 1.04 bits per heavy atom. The molecule has 2 heterocycles. The molecule has 7 heteroatoms. The van der Waals surface area contributed by atoms with Crippen LogP contribution >= 0.6 is 0 Å². The third kappa shape index (κ3) is 3.83. The molecule has 2 amide bonds. The highest BCUT2D eigenvalue weighted by molar-refractivity contribution is 5.97. The molecule has 0 atom stereocenters. The molecular formula is C21H21N3O4. The second-order valence-corrected chi connectivity index (χ2v) is 6.81. The Balaban J connectivity index is 1.30. The molecule has 0 saturated carbocycles. The van der Waals surface area contributed by atoms with E-state index in [1.807, 2.05) is 31.2 Å². The summed E-state index contributed by atoms with van der Waals surface area (Å²) < 4.78 is 10.8. The van der Waals surface area contributed by atoms with Crippen molar-refractivity contribution in [3.63, 3.8) is 0 Å². The van der Waals surface area contributed by atoms with Crippen LogP contribution in [-0.4, -0.2) is 59.4 Å². The number of carbonyl (C=O) groups is 2. The molecule has 144 valence electrons. The molecule has 28 heavy (non-hydrogen) atoms. The van der Waals surface area contributed by atoms with Gasteiger partial charge < -0.3 is 19.0 Å². The van der Waals surface area contributed by atoms with Crippen LogP contribution < -0.4 is 4.74 Å². The van der Waals surface area contributed by atoms with Crippen molar-refractivity contribution in [2.75, 3.05) is 32.8 Å². The van der Waals surface area contributed by atoms with Gasteiger partial charge >= 0.3 is 0 Å². The number of aryl methyl sites for hydroxylation is 1. The number of oxazole rings is 1. The molecule has 7 nitrogen and oxygen atoms in total. The largest absolute Gasteiger partial charge is 0.484 e. The smallest absolute Gasteiger partial charge is 0.260 e. The topological polar surface area (TPSA) is 75.9 Å². The van der Waals surface area contributed by atoms with E-state index >= 15 is 0 Å². The monoisotopic (exact) mass is 379 g/mol. The Hall–Kier alpha value is -3.35. The number of benzene rings is 2. The Kier molecular flexibility index (Phi) is 4.97. The number of hydrogen-bond donors (Lipinski definition) is 0. The molecule has 1 aromatic heterocycles. The number of carbonyl (C=O) groups excluding carboxylic acids is 2. The summed E-state index contributed by atoms with van der Waals surface area (Å²) in [5.41, 5.74) is 3.03. The lowest BCUT2D eigenvalue weighted by atomic mass is 10.1. The zero-order chi connectivity index (χ0) is 19.5. The molecule has 1 fully saturated rings. The number of hydrogen-bond acceptors (Lipinski definition) is 5. The highest BCUT2D eigenvalue weighted by atomic mass is 16.5. The standard InChI is InChI=1S/C21H21N3O4/c1-15-2-5-17(6-3-15)27-13-20(25)23-8-10-24(11-9-23)21(26)16-4-7-19-18(12-16)22-14-28-19/h2-7,12,14H,8-11,13H2,1H3. The molecule has 0 aliphatic carbocycles. The van der Waals surface area contributed by atoms with Crippen molar-refractivity contribution in [2.24, 2.45) is 0 Å². The molecule has 0 bridgehead atoms. The highest BCUT2D eigenvalue weighted by Crippen LogP contribution is 2.17. The average Bonchev–Trinajstić information content (AvgIpc) is 3.20. The molecule has 0 N–H and O–H groups in total. The molecule has 1 aliphatic heterocycles. The highest BCUT2D eigenvalue weighted by Gasteiger charge is 2.25. The summed E-state index contributed by atoms with van der Waals surface area (Å²) in [6.07, 6.45) is 1.36. The molecule has 0 spiro atoms. The fourth-order valence-corrected chi connectivity index (χ4v) is 3.20. The molecular weight excluding hydrogens is 358 g/mol. The van der Waals surface area contributed by atoms with E-state index in [1.165, 1.54) is 6.39 Å². The summed E-state index contributed by atoms with van der Waals surface area (Å²) in [5, 5.41) is 0. The van der Waals surface area contributed by atoms with Crippen LogP contribution in [0.3, 0.4) is 0 Å². The van der Waals surface area contributed by atoms with Crippen LogP contribution in [0.5, 0.6) is 5.75 Å². The first kappa shape index (κ1) is 18.0. The summed E-state index contributed by atoms with van der Waals surface area (Å²) in [5.74, 6) is 0.542. The Bertz CT molecular complexity index is 988. The SMILES string of the molecule is Cc1ccc(OCC(=O)N2CCN(C(=O)c3ccc4ocnc4c3)CC2)cc1. The van der Waals surface area contributed by atoms with E-state index in [0.29, 0.717) is 48.6 Å². The molecule has 2 aromatic carbocycles. The number of nitrogens with zero attached hydrogens (tertiary/aromatic N) is 3. The third-order valence-corrected chi connectivity index (χ3v) is 4.88. The quantitative estimate of drug-likeness (QED) is 0.696. The van der Waals surface area contributed by atoms with Gasteiger partial charge in [0.05, 0.1) is 0 Å². The van der Waals surface area contributed by atoms with Gasteiger partial charge in [0.2, 0.25) is 0 Å². The van der Waals surface area contributed by atoms with Crippen molar-refractivity contribution in [3.8, 4) is 5.75 Å². The molecule has 1 saturated heterocycles. The van der Waals surface area contributed by atoms with Crippen LogP contribution in [0.4, 0.5) is 0 Å². The van der Waals surface area contributed by atoms with Crippen molar-refractivity contribution in [1.29, 1.82) is 0 Å². The number of aromatic nitrogens is 1. The van der Waals surface area contributed by atoms with Crippen molar-refractivity contribution in [1.82, 2.24) is 14.8 Å². The minimum Gasteiger partial charge on any atom is -0.484 e. The van der Waals surface area contributed by atoms with Gasteiger partial charge in [0.1, 0.15) is 11.3 Å². The third-order valence-electron chi connectivity index (χ3n) is 4.88. The van der Waals surface area contributed by atoms with Crippen molar-refractivity contribution in [3.05, 3.63) is 60.0 Å². The summed E-state index contributed by atoms with van der Waals surface area (Å²) in [7, 11) is 0.